The van der Waals surface area contributed by atoms with E-state index in [1.807, 2.05) is 6.92 Å². The molecule has 0 saturated carbocycles. The second kappa shape index (κ2) is 4.73. The number of nitrogens with zero attached hydrogens (tertiary/aromatic N) is 2. The molecule has 0 aromatic carbocycles. The summed E-state index contributed by atoms with van der Waals surface area (Å²) in [5.74, 6) is 1.00. The smallest absolute Gasteiger partial charge is 0.242 e. The summed E-state index contributed by atoms with van der Waals surface area (Å²) in [6.07, 6.45) is 1.57. The lowest BCUT2D eigenvalue weighted by molar-refractivity contribution is -0.122. The number of carbonyl (C=O) groups is 1. The third-order valence-corrected chi connectivity index (χ3v) is 2.33. The largest absolute Gasteiger partial charge is 0.467 e. The Morgan fingerprint density at radius 1 is 1.65 bits per heavy atom. The molecule has 2 aromatic heterocycles. The molecule has 0 saturated heterocycles. The standard InChI is InChI=1S/C11H14N4O2/c1-8-5-10(12)14-15(8)7-11(16)13-6-9-3-2-4-17-9/h2-5H,6-7H2,1H3,(H2,12,14)(H,13,16). The lowest BCUT2D eigenvalue weighted by Gasteiger charge is -2.05. The van der Waals surface area contributed by atoms with Gasteiger partial charge in [0, 0.05) is 11.8 Å². The Kier molecular flexibility index (Phi) is 3.13. The van der Waals surface area contributed by atoms with Gasteiger partial charge in [0.1, 0.15) is 18.1 Å². The van der Waals surface area contributed by atoms with Crippen LogP contribution in [0.15, 0.2) is 28.9 Å². The predicted molar refractivity (Wildman–Crippen MR) is 61.9 cm³/mol. The molecule has 0 aliphatic carbocycles. The number of aryl methyl sites for hydroxylation is 1. The monoisotopic (exact) mass is 234 g/mol. The minimum absolute atomic E-state index is 0.132. The van der Waals surface area contributed by atoms with Gasteiger partial charge in [-0.25, -0.2) is 0 Å². The van der Waals surface area contributed by atoms with Crippen molar-refractivity contribution in [1.29, 1.82) is 0 Å². The Morgan fingerprint density at radius 2 is 2.47 bits per heavy atom. The van der Waals surface area contributed by atoms with Crippen molar-refractivity contribution in [2.24, 2.45) is 0 Å². The first-order chi connectivity index (χ1) is 8.15. The summed E-state index contributed by atoms with van der Waals surface area (Å²) in [5.41, 5.74) is 6.38. The van der Waals surface area contributed by atoms with Crippen LogP contribution in [0.1, 0.15) is 11.5 Å². The lowest BCUT2D eigenvalue weighted by atomic mass is 10.4. The molecule has 6 nitrogen and oxygen atoms in total. The molecule has 2 rings (SSSR count). The number of nitrogens with two attached hydrogens (primary N) is 1. The van der Waals surface area contributed by atoms with Gasteiger partial charge in [0.05, 0.1) is 12.8 Å². The predicted octanol–water partition coefficient (Wildman–Crippen LogP) is 0.683. The van der Waals surface area contributed by atoms with Gasteiger partial charge in [-0.05, 0) is 19.1 Å². The van der Waals surface area contributed by atoms with Gasteiger partial charge in [-0.1, -0.05) is 0 Å². The van der Waals surface area contributed by atoms with Crippen molar-refractivity contribution >= 4 is 11.7 Å². The number of hydrogen-bond acceptors (Lipinski definition) is 4. The van der Waals surface area contributed by atoms with Gasteiger partial charge in [0.15, 0.2) is 0 Å². The van der Waals surface area contributed by atoms with Crippen LogP contribution in [-0.4, -0.2) is 15.7 Å². The zero-order chi connectivity index (χ0) is 12.3. The maximum atomic E-state index is 11.6. The van der Waals surface area contributed by atoms with E-state index in [0.29, 0.717) is 12.4 Å². The topological polar surface area (TPSA) is 86.1 Å². The fraction of sp³-hybridized carbons (Fsp3) is 0.273. The third-order valence-electron chi connectivity index (χ3n) is 2.33. The molecule has 90 valence electrons. The molecule has 0 aliphatic rings. The first-order valence-corrected chi connectivity index (χ1v) is 5.24. The highest BCUT2D eigenvalue weighted by atomic mass is 16.3. The van der Waals surface area contributed by atoms with Gasteiger partial charge in [0.2, 0.25) is 5.91 Å². The summed E-state index contributed by atoms with van der Waals surface area (Å²) in [6, 6.07) is 5.30. The highest BCUT2D eigenvalue weighted by Crippen LogP contribution is 2.04. The number of furan rings is 1. The molecule has 1 amide bonds. The second-order valence-electron chi connectivity index (χ2n) is 3.72. The Balaban J connectivity index is 1.87. The van der Waals surface area contributed by atoms with Crippen molar-refractivity contribution in [3.63, 3.8) is 0 Å². The van der Waals surface area contributed by atoms with Crippen LogP contribution < -0.4 is 11.1 Å². The number of carbonyl (C=O) groups excluding carboxylic acids is 1. The minimum Gasteiger partial charge on any atom is -0.467 e. The highest BCUT2D eigenvalue weighted by molar-refractivity contribution is 5.75. The summed E-state index contributed by atoms with van der Waals surface area (Å²) in [5, 5.41) is 6.74. The van der Waals surface area contributed by atoms with E-state index in [9.17, 15) is 4.79 Å². The number of anilines is 1. The van der Waals surface area contributed by atoms with Crippen LogP contribution in [0.2, 0.25) is 0 Å². The van der Waals surface area contributed by atoms with Crippen molar-refractivity contribution in [2.75, 3.05) is 5.73 Å². The molecular weight excluding hydrogens is 220 g/mol. The maximum absolute atomic E-state index is 11.6. The molecular formula is C11H14N4O2. The molecule has 0 unspecified atom stereocenters. The average molecular weight is 234 g/mol. The summed E-state index contributed by atoms with van der Waals surface area (Å²) in [7, 11) is 0. The Morgan fingerprint density at radius 3 is 3.06 bits per heavy atom. The molecule has 6 heteroatoms. The number of amides is 1. The number of hydrogen-bond donors (Lipinski definition) is 2. The van der Waals surface area contributed by atoms with Gasteiger partial charge in [-0.3, -0.25) is 9.48 Å². The van der Waals surface area contributed by atoms with E-state index in [-0.39, 0.29) is 12.5 Å². The second-order valence-corrected chi connectivity index (χ2v) is 3.72. The number of nitrogen functional groups attached to an aromatic ring is 1. The molecule has 0 spiro atoms. The van der Waals surface area contributed by atoms with E-state index in [1.165, 1.54) is 0 Å². The first kappa shape index (κ1) is 11.3. The normalized spacial score (nSPS) is 10.4. The molecule has 0 aliphatic heterocycles. The quantitative estimate of drug-likeness (QED) is 0.814. The van der Waals surface area contributed by atoms with Crippen molar-refractivity contribution in [2.45, 2.75) is 20.0 Å². The van der Waals surface area contributed by atoms with Crippen LogP contribution in [0.4, 0.5) is 5.82 Å². The molecule has 2 heterocycles. The van der Waals surface area contributed by atoms with Gasteiger partial charge in [0.25, 0.3) is 0 Å². The van der Waals surface area contributed by atoms with Gasteiger partial charge in [-0.2, -0.15) is 5.10 Å². The summed E-state index contributed by atoms with van der Waals surface area (Å²) in [4.78, 5) is 11.6. The Labute approximate surface area is 98.4 Å². The minimum atomic E-state index is -0.132. The molecule has 3 N–H and O–H groups in total. The molecule has 0 bridgehead atoms. The molecule has 17 heavy (non-hydrogen) atoms. The van der Waals surface area contributed by atoms with Crippen molar-refractivity contribution < 1.29 is 9.21 Å². The van der Waals surface area contributed by atoms with Crippen LogP contribution in [-0.2, 0) is 17.9 Å². The van der Waals surface area contributed by atoms with Crippen LogP contribution in [0.25, 0.3) is 0 Å². The van der Waals surface area contributed by atoms with E-state index in [2.05, 4.69) is 10.4 Å². The number of rotatable bonds is 4. The summed E-state index contributed by atoms with van der Waals surface area (Å²) in [6.45, 7) is 2.38. The van der Waals surface area contributed by atoms with E-state index >= 15 is 0 Å². The van der Waals surface area contributed by atoms with Gasteiger partial charge >= 0.3 is 0 Å². The van der Waals surface area contributed by atoms with E-state index in [4.69, 9.17) is 10.2 Å². The summed E-state index contributed by atoms with van der Waals surface area (Å²) >= 11 is 0. The number of aromatic nitrogens is 2. The fourth-order valence-corrected chi connectivity index (χ4v) is 1.49. The molecule has 2 aromatic rings. The van der Waals surface area contributed by atoms with E-state index in [0.717, 1.165) is 11.5 Å². The zero-order valence-corrected chi connectivity index (χ0v) is 9.51. The zero-order valence-electron chi connectivity index (χ0n) is 9.51. The van der Waals surface area contributed by atoms with E-state index < -0.39 is 0 Å². The fourth-order valence-electron chi connectivity index (χ4n) is 1.49. The third kappa shape index (κ3) is 2.87. The Bertz CT molecular complexity index is 502. The maximum Gasteiger partial charge on any atom is 0.242 e. The molecule has 0 radical (unpaired) electrons. The average Bonchev–Trinajstić information content (AvgIpc) is 2.87. The highest BCUT2D eigenvalue weighted by Gasteiger charge is 2.07. The van der Waals surface area contributed by atoms with Crippen LogP contribution >= 0.6 is 0 Å². The van der Waals surface area contributed by atoms with Gasteiger partial charge in [-0.15, -0.1) is 0 Å². The van der Waals surface area contributed by atoms with Crippen LogP contribution in [0.5, 0.6) is 0 Å². The molecule has 0 fully saturated rings. The Hall–Kier alpha value is -2.24. The number of nitrogens with one attached hydrogen (secondary N) is 1. The van der Waals surface area contributed by atoms with Crippen LogP contribution in [0, 0.1) is 6.92 Å². The SMILES string of the molecule is Cc1cc(N)nn1CC(=O)NCc1ccco1. The lowest BCUT2D eigenvalue weighted by Crippen LogP contribution is -2.27. The van der Waals surface area contributed by atoms with Crippen LogP contribution in [0.3, 0.4) is 0 Å². The first-order valence-electron chi connectivity index (χ1n) is 5.24. The van der Waals surface area contributed by atoms with E-state index in [1.54, 1.807) is 29.1 Å². The van der Waals surface area contributed by atoms with Crippen molar-refractivity contribution in [1.82, 2.24) is 15.1 Å². The van der Waals surface area contributed by atoms with Crippen molar-refractivity contribution in [3.8, 4) is 0 Å². The van der Waals surface area contributed by atoms with Crippen molar-refractivity contribution in [3.05, 3.63) is 35.9 Å². The summed E-state index contributed by atoms with van der Waals surface area (Å²) < 4.78 is 6.67. The molecule has 0 atom stereocenters. The van der Waals surface area contributed by atoms with Gasteiger partial charge < -0.3 is 15.5 Å².